The molecule has 104 valence electrons. The van der Waals surface area contributed by atoms with Crippen molar-refractivity contribution in [2.24, 2.45) is 5.73 Å². The highest BCUT2D eigenvalue weighted by molar-refractivity contribution is 7.92. The number of anilines is 1. The summed E-state index contributed by atoms with van der Waals surface area (Å²) >= 11 is 0. The van der Waals surface area contributed by atoms with Crippen LogP contribution in [0.1, 0.15) is 5.56 Å². The number of nitrogens with one attached hydrogen (secondary N) is 2. The number of aromatic amines is 1. The van der Waals surface area contributed by atoms with Crippen LogP contribution in [0.2, 0.25) is 0 Å². The first-order valence-corrected chi connectivity index (χ1v) is 7.01. The third kappa shape index (κ3) is 3.14. The Balaban J connectivity index is 2.39. The van der Waals surface area contributed by atoms with Crippen LogP contribution in [-0.4, -0.2) is 25.2 Å². The van der Waals surface area contributed by atoms with E-state index < -0.39 is 15.8 Å². The summed E-state index contributed by atoms with van der Waals surface area (Å²) in [6.07, 6.45) is 2.40. The summed E-state index contributed by atoms with van der Waals surface area (Å²) in [5, 5.41) is 5.97. The summed E-state index contributed by atoms with van der Waals surface area (Å²) in [6.45, 7) is 0.0877. The van der Waals surface area contributed by atoms with Gasteiger partial charge in [0.25, 0.3) is 10.0 Å². The van der Waals surface area contributed by atoms with Crippen molar-refractivity contribution >= 4 is 15.7 Å². The summed E-state index contributed by atoms with van der Waals surface area (Å²) in [6, 6.07) is 3.57. The zero-order valence-electron chi connectivity index (χ0n) is 10.2. The number of hydrogen-bond acceptors (Lipinski definition) is 4. The molecule has 0 saturated carbocycles. The number of sulfonamides is 1. The van der Waals surface area contributed by atoms with Crippen molar-refractivity contribution in [3.8, 4) is 11.8 Å². The zero-order chi connectivity index (χ0) is 14.6. The van der Waals surface area contributed by atoms with Gasteiger partial charge in [0.05, 0.1) is 24.0 Å². The van der Waals surface area contributed by atoms with Crippen LogP contribution in [0.15, 0.2) is 35.5 Å². The minimum atomic E-state index is -3.80. The van der Waals surface area contributed by atoms with Crippen molar-refractivity contribution in [3.05, 3.63) is 42.0 Å². The molecule has 8 heteroatoms. The maximum absolute atomic E-state index is 13.2. The molecule has 1 aromatic carbocycles. The number of H-pyrrole nitrogens is 1. The van der Waals surface area contributed by atoms with Gasteiger partial charge in [0.2, 0.25) is 0 Å². The SMILES string of the molecule is NCC#Cc1cc(F)ccc1NS(=O)(=O)c1cn[nH]c1. The number of nitrogens with zero attached hydrogens (tertiary/aromatic N) is 1. The van der Waals surface area contributed by atoms with Gasteiger partial charge in [-0.05, 0) is 18.2 Å². The molecule has 4 N–H and O–H groups in total. The largest absolute Gasteiger partial charge is 0.320 e. The van der Waals surface area contributed by atoms with E-state index in [9.17, 15) is 12.8 Å². The fourth-order valence-corrected chi connectivity index (χ4v) is 2.43. The zero-order valence-corrected chi connectivity index (χ0v) is 11.0. The lowest BCUT2D eigenvalue weighted by atomic mass is 10.2. The number of halogens is 1. The third-order valence-corrected chi connectivity index (χ3v) is 3.67. The van der Waals surface area contributed by atoms with E-state index in [1.807, 2.05) is 0 Å². The Bertz CT molecular complexity index is 760. The maximum atomic E-state index is 13.2. The fraction of sp³-hybridized carbons (Fsp3) is 0.0833. The average Bonchev–Trinajstić information content (AvgIpc) is 2.93. The number of aromatic nitrogens is 2. The van der Waals surface area contributed by atoms with E-state index in [1.165, 1.54) is 12.3 Å². The molecule has 0 amide bonds. The van der Waals surface area contributed by atoms with Crippen molar-refractivity contribution in [2.45, 2.75) is 4.90 Å². The molecular formula is C12H11FN4O2S. The van der Waals surface area contributed by atoms with Gasteiger partial charge in [-0.2, -0.15) is 5.10 Å². The highest BCUT2D eigenvalue weighted by atomic mass is 32.2. The highest BCUT2D eigenvalue weighted by Crippen LogP contribution is 2.20. The van der Waals surface area contributed by atoms with E-state index in [0.717, 1.165) is 18.3 Å². The van der Waals surface area contributed by atoms with Gasteiger partial charge in [-0.1, -0.05) is 11.8 Å². The molecule has 20 heavy (non-hydrogen) atoms. The Labute approximate surface area is 115 Å². The van der Waals surface area contributed by atoms with Gasteiger partial charge in [-0.25, -0.2) is 12.8 Å². The Morgan fingerprint density at radius 3 is 2.90 bits per heavy atom. The van der Waals surface area contributed by atoms with E-state index >= 15 is 0 Å². The Morgan fingerprint density at radius 2 is 2.25 bits per heavy atom. The molecule has 1 aromatic heterocycles. The Kier molecular flexibility index (Phi) is 4.02. The molecule has 2 rings (SSSR count). The van der Waals surface area contributed by atoms with Crippen LogP contribution in [-0.2, 0) is 10.0 Å². The quantitative estimate of drug-likeness (QED) is 0.724. The molecule has 0 saturated heterocycles. The predicted molar refractivity (Wildman–Crippen MR) is 71.7 cm³/mol. The van der Waals surface area contributed by atoms with E-state index in [0.29, 0.717) is 0 Å². The van der Waals surface area contributed by atoms with Crippen LogP contribution in [0.4, 0.5) is 10.1 Å². The molecule has 6 nitrogen and oxygen atoms in total. The van der Waals surface area contributed by atoms with Gasteiger partial charge in [-0.3, -0.25) is 9.82 Å². The first kappa shape index (κ1) is 14.0. The molecule has 2 aromatic rings. The van der Waals surface area contributed by atoms with Gasteiger partial charge in [0.15, 0.2) is 0 Å². The van der Waals surface area contributed by atoms with Crippen LogP contribution in [0.25, 0.3) is 0 Å². The van der Waals surface area contributed by atoms with Crippen LogP contribution >= 0.6 is 0 Å². The molecule has 0 unspecified atom stereocenters. The molecule has 0 aliphatic rings. The van der Waals surface area contributed by atoms with Crippen LogP contribution < -0.4 is 10.5 Å². The summed E-state index contributed by atoms with van der Waals surface area (Å²) in [4.78, 5) is -0.0282. The van der Waals surface area contributed by atoms with Crippen molar-refractivity contribution in [1.82, 2.24) is 10.2 Å². The van der Waals surface area contributed by atoms with Gasteiger partial charge >= 0.3 is 0 Å². The second-order valence-electron chi connectivity index (χ2n) is 3.74. The second-order valence-corrected chi connectivity index (χ2v) is 5.42. The van der Waals surface area contributed by atoms with Crippen LogP contribution in [0.3, 0.4) is 0 Å². The molecule has 0 fully saturated rings. The molecule has 0 atom stereocenters. The summed E-state index contributed by atoms with van der Waals surface area (Å²) in [5.41, 5.74) is 5.64. The average molecular weight is 294 g/mol. The monoisotopic (exact) mass is 294 g/mol. The summed E-state index contributed by atoms with van der Waals surface area (Å²) in [7, 11) is -3.80. The molecular weight excluding hydrogens is 283 g/mol. The maximum Gasteiger partial charge on any atom is 0.265 e. The standard InChI is InChI=1S/C12H11FN4O2S/c13-10-3-4-12(9(6-10)2-1-5-14)17-20(18,19)11-7-15-16-8-11/h3-4,6-8,17H,5,14H2,(H,15,16). The molecule has 0 aliphatic carbocycles. The summed E-state index contributed by atoms with van der Waals surface area (Å²) < 4.78 is 39.6. The van der Waals surface area contributed by atoms with Gasteiger partial charge < -0.3 is 5.73 Å². The predicted octanol–water partition coefficient (Wildman–Crippen LogP) is 0.660. The minimum absolute atomic E-state index is 0.0282. The Morgan fingerprint density at radius 1 is 1.45 bits per heavy atom. The lowest BCUT2D eigenvalue weighted by molar-refractivity contribution is 0.601. The van der Waals surface area contributed by atoms with E-state index in [1.54, 1.807) is 0 Å². The molecule has 0 spiro atoms. The van der Waals surface area contributed by atoms with Gasteiger partial charge in [-0.15, -0.1) is 0 Å². The van der Waals surface area contributed by atoms with Crippen molar-refractivity contribution < 1.29 is 12.8 Å². The minimum Gasteiger partial charge on any atom is -0.320 e. The van der Waals surface area contributed by atoms with Crippen molar-refractivity contribution in [2.75, 3.05) is 11.3 Å². The Hall–Kier alpha value is -2.37. The van der Waals surface area contributed by atoms with E-state index in [-0.39, 0.29) is 22.7 Å². The molecule has 0 bridgehead atoms. The molecule has 1 heterocycles. The second kappa shape index (κ2) is 5.73. The molecule has 0 radical (unpaired) electrons. The normalized spacial score (nSPS) is 10.7. The number of hydrogen-bond donors (Lipinski definition) is 3. The van der Waals surface area contributed by atoms with Crippen LogP contribution in [0, 0.1) is 17.7 Å². The van der Waals surface area contributed by atoms with Crippen molar-refractivity contribution in [1.29, 1.82) is 0 Å². The van der Waals surface area contributed by atoms with Crippen molar-refractivity contribution in [3.63, 3.8) is 0 Å². The summed E-state index contributed by atoms with van der Waals surface area (Å²) in [5.74, 6) is 4.65. The smallest absolute Gasteiger partial charge is 0.265 e. The van der Waals surface area contributed by atoms with E-state index in [4.69, 9.17) is 5.73 Å². The molecule has 0 aliphatic heterocycles. The van der Waals surface area contributed by atoms with Gasteiger partial charge in [0.1, 0.15) is 10.7 Å². The fourth-order valence-electron chi connectivity index (χ4n) is 1.44. The van der Waals surface area contributed by atoms with Gasteiger partial charge in [0, 0.05) is 6.20 Å². The highest BCUT2D eigenvalue weighted by Gasteiger charge is 2.16. The third-order valence-electron chi connectivity index (χ3n) is 2.33. The lowest BCUT2D eigenvalue weighted by Crippen LogP contribution is -2.13. The first-order valence-electron chi connectivity index (χ1n) is 5.53. The number of nitrogens with two attached hydrogens (primary N) is 1. The first-order chi connectivity index (χ1) is 9.53. The number of benzene rings is 1. The lowest BCUT2D eigenvalue weighted by Gasteiger charge is -2.08. The van der Waals surface area contributed by atoms with Crippen LogP contribution in [0.5, 0.6) is 0 Å². The van der Waals surface area contributed by atoms with E-state index in [2.05, 4.69) is 26.8 Å². The number of rotatable bonds is 3. The topological polar surface area (TPSA) is 101 Å².